The van der Waals surface area contributed by atoms with Crippen LogP contribution in [0.25, 0.3) is 11.1 Å². The summed E-state index contributed by atoms with van der Waals surface area (Å²) >= 11 is 0. The third-order valence-corrected chi connectivity index (χ3v) is 2.44. The topological polar surface area (TPSA) is 52.2 Å². The lowest BCUT2D eigenvalue weighted by Gasteiger charge is -1.99. The third kappa shape index (κ3) is 1.91. The number of fused-ring (bicyclic) bond motifs is 1. The Morgan fingerprint density at radius 1 is 1.38 bits per heavy atom. The first-order chi connectivity index (χ1) is 7.72. The zero-order valence-corrected chi connectivity index (χ0v) is 9.10. The van der Waals surface area contributed by atoms with Crippen molar-refractivity contribution in [2.24, 2.45) is 0 Å². The fourth-order valence-electron chi connectivity index (χ4n) is 1.70. The van der Waals surface area contributed by atoms with Crippen molar-refractivity contribution in [3.05, 3.63) is 34.8 Å². The molecule has 0 atom stereocenters. The number of nitrogens with zero attached hydrogens (tertiary/aromatic N) is 1. The number of carbonyl (C=O) groups is 1. The molecule has 4 nitrogen and oxygen atoms in total. The van der Waals surface area contributed by atoms with Gasteiger partial charge in [-0.05, 0) is 18.6 Å². The summed E-state index contributed by atoms with van der Waals surface area (Å²) in [6, 6.07) is 7.11. The van der Waals surface area contributed by atoms with Gasteiger partial charge in [0.1, 0.15) is 0 Å². The van der Waals surface area contributed by atoms with Crippen molar-refractivity contribution < 1.29 is 9.21 Å². The maximum atomic E-state index is 11.5. The molecule has 2 aromatic rings. The van der Waals surface area contributed by atoms with Crippen LogP contribution in [0.3, 0.4) is 0 Å². The Morgan fingerprint density at radius 3 is 2.88 bits per heavy atom. The van der Waals surface area contributed by atoms with Crippen LogP contribution >= 0.6 is 0 Å². The maximum Gasteiger partial charge on any atom is 0.420 e. The Hall–Kier alpha value is -1.84. The number of oxazole rings is 1. The molecule has 1 aromatic carbocycles. The van der Waals surface area contributed by atoms with Gasteiger partial charge >= 0.3 is 5.76 Å². The van der Waals surface area contributed by atoms with Crippen LogP contribution < -0.4 is 5.76 Å². The fraction of sp³-hybridized carbons (Fsp3) is 0.333. The predicted molar refractivity (Wildman–Crippen MR) is 60.4 cm³/mol. The molecule has 1 heterocycles. The van der Waals surface area contributed by atoms with Gasteiger partial charge < -0.3 is 4.42 Å². The Balaban J connectivity index is 2.40. The first-order valence-corrected chi connectivity index (χ1v) is 5.32. The monoisotopic (exact) mass is 219 g/mol. The van der Waals surface area contributed by atoms with Crippen LogP contribution in [-0.4, -0.2) is 10.4 Å². The summed E-state index contributed by atoms with van der Waals surface area (Å²) < 4.78 is 6.42. The van der Waals surface area contributed by atoms with Crippen molar-refractivity contribution in [3.8, 4) is 0 Å². The van der Waals surface area contributed by atoms with E-state index in [1.807, 2.05) is 13.0 Å². The summed E-state index contributed by atoms with van der Waals surface area (Å²) in [7, 11) is 0. The molecule has 0 saturated carbocycles. The summed E-state index contributed by atoms with van der Waals surface area (Å²) in [6.45, 7) is 2.04. The second-order valence-electron chi connectivity index (χ2n) is 3.71. The molecule has 0 aliphatic rings. The first-order valence-electron chi connectivity index (χ1n) is 5.32. The number of Topliss-reactive ketones (excluding diaryl/α,β-unsaturated/α-hetero) is 1. The average molecular weight is 219 g/mol. The summed E-state index contributed by atoms with van der Waals surface area (Å²) in [5.41, 5.74) is 1.20. The summed E-state index contributed by atoms with van der Waals surface area (Å²) in [4.78, 5) is 23.0. The standard InChI is InChI=1S/C12H13NO3/c1-2-5-9(14)8-13-10-6-3-4-7-11(10)16-12(13)15/h3-4,6-7H,2,5,8H2,1H3. The number of carbonyl (C=O) groups excluding carboxylic acids is 1. The van der Waals surface area contributed by atoms with Gasteiger partial charge in [-0.1, -0.05) is 19.1 Å². The molecule has 0 amide bonds. The van der Waals surface area contributed by atoms with E-state index in [1.165, 1.54) is 4.57 Å². The lowest BCUT2D eigenvalue weighted by Crippen LogP contribution is -2.19. The van der Waals surface area contributed by atoms with Gasteiger partial charge in [0.2, 0.25) is 0 Å². The fourth-order valence-corrected chi connectivity index (χ4v) is 1.70. The third-order valence-electron chi connectivity index (χ3n) is 2.44. The van der Waals surface area contributed by atoms with Gasteiger partial charge in [0.25, 0.3) is 0 Å². The van der Waals surface area contributed by atoms with Crippen molar-refractivity contribution in [1.29, 1.82) is 0 Å². The average Bonchev–Trinajstić information content (AvgIpc) is 2.56. The van der Waals surface area contributed by atoms with Gasteiger partial charge in [-0.25, -0.2) is 4.79 Å². The molecule has 0 N–H and O–H groups in total. The molecule has 0 fully saturated rings. The summed E-state index contributed by atoms with van der Waals surface area (Å²) in [5, 5.41) is 0. The van der Waals surface area contributed by atoms with E-state index in [9.17, 15) is 9.59 Å². The van der Waals surface area contributed by atoms with Crippen molar-refractivity contribution in [3.63, 3.8) is 0 Å². The summed E-state index contributed by atoms with van der Waals surface area (Å²) in [5.74, 6) is -0.415. The molecular weight excluding hydrogens is 206 g/mol. The molecular formula is C12H13NO3. The number of benzene rings is 1. The molecule has 1 aromatic heterocycles. The molecule has 0 saturated heterocycles. The Morgan fingerprint density at radius 2 is 2.12 bits per heavy atom. The molecule has 4 heteroatoms. The molecule has 0 unspecified atom stereocenters. The molecule has 0 spiro atoms. The van der Waals surface area contributed by atoms with Crippen LogP contribution in [0.2, 0.25) is 0 Å². The number of aromatic nitrogens is 1. The van der Waals surface area contributed by atoms with Crippen molar-refractivity contribution in [2.45, 2.75) is 26.3 Å². The smallest absolute Gasteiger partial charge is 0.408 e. The second-order valence-corrected chi connectivity index (χ2v) is 3.71. The Bertz CT molecular complexity index is 565. The normalized spacial score (nSPS) is 10.8. The maximum absolute atomic E-state index is 11.5. The van der Waals surface area contributed by atoms with E-state index in [1.54, 1.807) is 18.2 Å². The lowest BCUT2D eigenvalue weighted by molar-refractivity contribution is -0.119. The minimum absolute atomic E-state index is 0.0520. The molecule has 16 heavy (non-hydrogen) atoms. The molecule has 84 valence electrons. The molecule has 0 radical (unpaired) electrons. The van der Waals surface area contributed by atoms with Gasteiger partial charge in [0.05, 0.1) is 12.1 Å². The van der Waals surface area contributed by atoms with E-state index < -0.39 is 5.76 Å². The van der Waals surface area contributed by atoms with Crippen LogP contribution in [0.4, 0.5) is 0 Å². The first kappa shape index (κ1) is 10.7. The van der Waals surface area contributed by atoms with E-state index in [0.29, 0.717) is 17.5 Å². The second kappa shape index (κ2) is 4.35. The van der Waals surface area contributed by atoms with E-state index in [4.69, 9.17) is 4.42 Å². The number of hydrogen-bond donors (Lipinski definition) is 0. The van der Waals surface area contributed by atoms with Crippen LogP contribution in [0, 0.1) is 0 Å². The molecule has 0 aliphatic carbocycles. The Kier molecular flexibility index (Phi) is 2.90. The minimum Gasteiger partial charge on any atom is -0.408 e. The van der Waals surface area contributed by atoms with Gasteiger partial charge in [-0.3, -0.25) is 9.36 Å². The number of para-hydroxylation sites is 2. The van der Waals surface area contributed by atoms with Crippen LogP contribution in [-0.2, 0) is 11.3 Å². The van der Waals surface area contributed by atoms with Crippen LogP contribution in [0.1, 0.15) is 19.8 Å². The molecule has 0 bridgehead atoms. The van der Waals surface area contributed by atoms with Crippen LogP contribution in [0.5, 0.6) is 0 Å². The lowest BCUT2D eigenvalue weighted by atomic mass is 10.2. The van der Waals surface area contributed by atoms with Crippen LogP contribution in [0.15, 0.2) is 33.5 Å². The largest absolute Gasteiger partial charge is 0.420 e. The predicted octanol–water partition coefficient (Wildman–Crippen LogP) is 1.96. The zero-order valence-electron chi connectivity index (χ0n) is 9.10. The molecule has 0 aliphatic heterocycles. The Labute approximate surface area is 92.5 Å². The van der Waals surface area contributed by atoms with E-state index in [-0.39, 0.29) is 12.3 Å². The molecule has 2 rings (SSSR count). The van der Waals surface area contributed by atoms with Gasteiger partial charge in [-0.2, -0.15) is 0 Å². The highest BCUT2D eigenvalue weighted by Gasteiger charge is 2.11. The minimum atomic E-state index is -0.467. The highest BCUT2D eigenvalue weighted by molar-refractivity contribution is 5.81. The van der Waals surface area contributed by atoms with Crippen molar-refractivity contribution in [1.82, 2.24) is 4.57 Å². The number of rotatable bonds is 4. The van der Waals surface area contributed by atoms with Crippen molar-refractivity contribution in [2.75, 3.05) is 0 Å². The SMILES string of the molecule is CCCC(=O)Cn1c(=O)oc2ccccc21. The number of ketones is 1. The highest BCUT2D eigenvalue weighted by Crippen LogP contribution is 2.11. The summed E-state index contributed by atoms with van der Waals surface area (Å²) in [6.07, 6.45) is 1.29. The van der Waals surface area contributed by atoms with E-state index in [0.717, 1.165) is 6.42 Å². The quantitative estimate of drug-likeness (QED) is 0.789. The van der Waals surface area contributed by atoms with Gasteiger partial charge in [0, 0.05) is 6.42 Å². The highest BCUT2D eigenvalue weighted by atomic mass is 16.4. The number of hydrogen-bond acceptors (Lipinski definition) is 3. The van der Waals surface area contributed by atoms with Gasteiger partial charge in [-0.15, -0.1) is 0 Å². The van der Waals surface area contributed by atoms with E-state index in [2.05, 4.69) is 0 Å². The van der Waals surface area contributed by atoms with Gasteiger partial charge in [0.15, 0.2) is 11.4 Å². The van der Waals surface area contributed by atoms with Crippen molar-refractivity contribution >= 4 is 16.9 Å². The zero-order chi connectivity index (χ0) is 11.5. The van der Waals surface area contributed by atoms with E-state index >= 15 is 0 Å².